The summed E-state index contributed by atoms with van der Waals surface area (Å²) in [6.45, 7) is 0. The van der Waals surface area contributed by atoms with Crippen molar-refractivity contribution in [2.75, 3.05) is 5.32 Å². The van der Waals surface area contributed by atoms with E-state index in [2.05, 4.69) is 20.7 Å². The van der Waals surface area contributed by atoms with Crippen molar-refractivity contribution in [1.82, 2.24) is 15.4 Å². The molecule has 0 atom stereocenters. The lowest BCUT2D eigenvalue weighted by atomic mass is 10.1. The van der Waals surface area contributed by atoms with Crippen molar-refractivity contribution in [3.05, 3.63) is 41.5 Å². The van der Waals surface area contributed by atoms with Crippen LogP contribution in [0, 0.1) is 5.82 Å². The van der Waals surface area contributed by atoms with Gasteiger partial charge in [0.2, 0.25) is 0 Å². The number of halogens is 1. The first-order valence-corrected chi connectivity index (χ1v) is 4.78. The number of rotatable bonds is 3. The van der Waals surface area contributed by atoms with Crippen LogP contribution in [0.15, 0.2) is 24.4 Å². The summed E-state index contributed by atoms with van der Waals surface area (Å²) in [4.78, 5) is 22.5. The van der Waals surface area contributed by atoms with E-state index in [1.165, 1.54) is 12.1 Å². The number of carboxylic acids is 1. The molecule has 0 saturated carbocycles. The second-order valence-corrected chi connectivity index (χ2v) is 3.28. The highest BCUT2D eigenvalue weighted by atomic mass is 19.1. The molecule has 0 aliphatic rings. The molecule has 2 aromatic rings. The summed E-state index contributed by atoms with van der Waals surface area (Å²) in [6.07, 6.45) is 1.16. The summed E-state index contributed by atoms with van der Waals surface area (Å²) < 4.78 is 13.3. The van der Waals surface area contributed by atoms with Crippen LogP contribution in [-0.4, -0.2) is 32.4 Å². The van der Waals surface area contributed by atoms with E-state index in [-0.39, 0.29) is 11.4 Å². The van der Waals surface area contributed by atoms with Gasteiger partial charge >= 0.3 is 5.97 Å². The predicted molar refractivity (Wildman–Crippen MR) is 57.7 cm³/mol. The number of aromatic amines is 1. The predicted octanol–water partition coefficient (Wildman–Crippen LogP) is 0.894. The number of hydrogen-bond acceptors (Lipinski definition) is 4. The van der Waals surface area contributed by atoms with E-state index in [0.29, 0.717) is 0 Å². The molecular weight excluding hydrogens is 243 g/mol. The van der Waals surface area contributed by atoms with Gasteiger partial charge in [0, 0.05) is 0 Å². The summed E-state index contributed by atoms with van der Waals surface area (Å²) in [5, 5.41) is 20.3. The molecule has 1 amide bonds. The largest absolute Gasteiger partial charge is 0.478 e. The number of aromatic carboxylic acids is 1. The van der Waals surface area contributed by atoms with Crippen molar-refractivity contribution < 1.29 is 19.1 Å². The number of H-pyrrole nitrogens is 1. The van der Waals surface area contributed by atoms with Gasteiger partial charge in [0.15, 0.2) is 5.69 Å². The Morgan fingerprint density at radius 2 is 2.17 bits per heavy atom. The molecule has 0 saturated heterocycles. The number of carbonyl (C=O) groups is 2. The van der Waals surface area contributed by atoms with Crippen LogP contribution in [0.25, 0.3) is 0 Å². The molecular formula is C10H7FN4O3. The van der Waals surface area contributed by atoms with Crippen LogP contribution < -0.4 is 5.32 Å². The minimum absolute atomic E-state index is 0.0319. The molecule has 2 rings (SSSR count). The molecule has 3 N–H and O–H groups in total. The summed E-state index contributed by atoms with van der Waals surface area (Å²) in [5.41, 5.74) is -0.777. The Kier molecular flexibility index (Phi) is 3.00. The fourth-order valence-electron chi connectivity index (χ4n) is 1.34. The molecule has 1 aromatic heterocycles. The number of nitrogens with zero attached hydrogens (tertiary/aromatic N) is 2. The molecule has 7 nitrogen and oxygen atoms in total. The summed E-state index contributed by atoms with van der Waals surface area (Å²) in [5.74, 6) is -3.08. The van der Waals surface area contributed by atoms with E-state index >= 15 is 0 Å². The van der Waals surface area contributed by atoms with E-state index in [4.69, 9.17) is 5.11 Å². The lowest BCUT2D eigenvalue weighted by Crippen LogP contribution is -2.16. The molecule has 0 radical (unpaired) electrons. The molecule has 92 valence electrons. The molecule has 0 aliphatic heterocycles. The van der Waals surface area contributed by atoms with Gasteiger partial charge in [-0.1, -0.05) is 6.07 Å². The fourth-order valence-corrected chi connectivity index (χ4v) is 1.34. The number of carbonyl (C=O) groups excluding carboxylic acids is 1. The zero-order valence-corrected chi connectivity index (χ0v) is 8.85. The summed E-state index contributed by atoms with van der Waals surface area (Å²) >= 11 is 0. The zero-order chi connectivity index (χ0) is 13.1. The van der Waals surface area contributed by atoms with Crippen LogP contribution >= 0.6 is 0 Å². The minimum Gasteiger partial charge on any atom is -0.478 e. The summed E-state index contributed by atoms with van der Waals surface area (Å²) in [6, 6.07) is 3.57. The van der Waals surface area contributed by atoms with Gasteiger partial charge in [0.1, 0.15) is 11.4 Å². The molecule has 0 unspecified atom stereocenters. The van der Waals surface area contributed by atoms with Crippen molar-refractivity contribution in [2.24, 2.45) is 0 Å². The third-order valence-electron chi connectivity index (χ3n) is 2.12. The van der Waals surface area contributed by atoms with Crippen molar-refractivity contribution >= 4 is 17.6 Å². The number of nitrogens with one attached hydrogen (secondary N) is 2. The van der Waals surface area contributed by atoms with Crippen molar-refractivity contribution in [2.45, 2.75) is 0 Å². The van der Waals surface area contributed by atoms with Crippen molar-refractivity contribution in [3.63, 3.8) is 0 Å². The zero-order valence-electron chi connectivity index (χ0n) is 8.85. The van der Waals surface area contributed by atoms with Crippen LogP contribution in [0.3, 0.4) is 0 Å². The smallest absolute Gasteiger partial charge is 0.340 e. The quantitative estimate of drug-likeness (QED) is 0.749. The Hall–Kier alpha value is -2.77. The van der Waals surface area contributed by atoms with Crippen LogP contribution in [0.5, 0.6) is 0 Å². The van der Waals surface area contributed by atoms with Gasteiger partial charge < -0.3 is 10.4 Å². The number of benzene rings is 1. The maximum atomic E-state index is 13.3. The average molecular weight is 250 g/mol. The Labute approximate surface area is 99.6 Å². The first-order chi connectivity index (χ1) is 8.59. The maximum Gasteiger partial charge on any atom is 0.340 e. The standard InChI is InChI=1S/C10H7FN4O3/c11-5-2-1-3-6(8(5)10(17)18)13-9(16)7-4-12-15-14-7/h1-4H,(H,13,16)(H,17,18)(H,12,14,15). The molecule has 8 heteroatoms. The second kappa shape index (κ2) is 4.62. The molecule has 0 spiro atoms. The van der Waals surface area contributed by atoms with Gasteiger partial charge in [-0.3, -0.25) is 4.79 Å². The highest BCUT2D eigenvalue weighted by molar-refractivity contribution is 6.06. The minimum atomic E-state index is -1.47. The number of hydrogen-bond donors (Lipinski definition) is 3. The molecule has 1 heterocycles. The molecule has 0 bridgehead atoms. The topological polar surface area (TPSA) is 108 Å². The van der Waals surface area contributed by atoms with Crippen LogP contribution in [0.1, 0.15) is 20.8 Å². The highest BCUT2D eigenvalue weighted by Gasteiger charge is 2.18. The van der Waals surface area contributed by atoms with E-state index in [9.17, 15) is 14.0 Å². The molecule has 1 aromatic carbocycles. The number of aromatic nitrogens is 3. The maximum absolute atomic E-state index is 13.3. The van der Waals surface area contributed by atoms with E-state index in [1.807, 2.05) is 0 Å². The normalized spacial score (nSPS) is 10.1. The van der Waals surface area contributed by atoms with E-state index < -0.39 is 23.3 Å². The van der Waals surface area contributed by atoms with Crippen molar-refractivity contribution in [1.29, 1.82) is 0 Å². The van der Waals surface area contributed by atoms with Crippen LogP contribution in [-0.2, 0) is 0 Å². The Bertz CT molecular complexity index is 597. The highest BCUT2D eigenvalue weighted by Crippen LogP contribution is 2.19. The Balaban J connectivity index is 2.32. The Morgan fingerprint density at radius 3 is 2.78 bits per heavy atom. The lowest BCUT2D eigenvalue weighted by molar-refractivity contribution is 0.0693. The molecule has 18 heavy (non-hydrogen) atoms. The molecule has 0 aliphatic carbocycles. The first kappa shape index (κ1) is 11.7. The lowest BCUT2D eigenvalue weighted by Gasteiger charge is -2.07. The Morgan fingerprint density at radius 1 is 1.39 bits per heavy atom. The summed E-state index contributed by atoms with van der Waals surface area (Å²) in [7, 11) is 0. The first-order valence-electron chi connectivity index (χ1n) is 4.78. The monoisotopic (exact) mass is 250 g/mol. The number of anilines is 1. The van der Waals surface area contributed by atoms with E-state index in [1.54, 1.807) is 0 Å². The SMILES string of the molecule is O=C(Nc1cccc(F)c1C(=O)O)c1cn[nH]n1. The van der Waals surface area contributed by atoms with Gasteiger partial charge in [0.25, 0.3) is 5.91 Å². The third-order valence-corrected chi connectivity index (χ3v) is 2.12. The fraction of sp³-hybridized carbons (Fsp3) is 0. The second-order valence-electron chi connectivity index (χ2n) is 3.28. The van der Waals surface area contributed by atoms with E-state index in [0.717, 1.165) is 12.3 Å². The third kappa shape index (κ3) is 2.17. The van der Waals surface area contributed by atoms with Crippen molar-refractivity contribution in [3.8, 4) is 0 Å². The van der Waals surface area contributed by atoms with Gasteiger partial charge in [-0.2, -0.15) is 15.4 Å². The van der Waals surface area contributed by atoms with Crippen LogP contribution in [0.4, 0.5) is 10.1 Å². The van der Waals surface area contributed by atoms with Gasteiger partial charge in [-0.05, 0) is 12.1 Å². The average Bonchev–Trinajstić information content (AvgIpc) is 2.81. The number of amides is 1. The van der Waals surface area contributed by atoms with Gasteiger partial charge in [-0.25, -0.2) is 9.18 Å². The van der Waals surface area contributed by atoms with Gasteiger partial charge in [0.05, 0.1) is 11.9 Å². The number of carboxylic acid groups (broad SMARTS) is 1. The van der Waals surface area contributed by atoms with Crippen LogP contribution in [0.2, 0.25) is 0 Å². The van der Waals surface area contributed by atoms with Gasteiger partial charge in [-0.15, -0.1) is 0 Å². The molecule has 0 fully saturated rings.